The SMILES string of the molecule is CCNC(=NCCc1nc(C(F)(F)F)cs1)N1CCC(C)CC1. The van der Waals surface area contributed by atoms with Gasteiger partial charge in [0.15, 0.2) is 11.7 Å². The quantitative estimate of drug-likeness (QED) is 0.670. The number of likely N-dealkylation sites (tertiary alicyclic amines) is 1. The molecule has 4 nitrogen and oxygen atoms in total. The summed E-state index contributed by atoms with van der Waals surface area (Å²) in [7, 11) is 0. The fraction of sp³-hybridized carbons (Fsp3) is 0.733. The molecule has 1 N–H and O–H groups in total. The lowest BCUT2D eigenvalue weighted by molar-refractivity contribution is -0.140. The Labute approximate surface area is 138 Å². The van der Waals surface area contributed by atoms with Crippen LogP contribution in [-0.4, -0.2) is 42.0 Å². The zero-order valence-corrected chi connectivity index (χ0v) is 14.3. The van der Waals surface area contributed by atoms with Crippen molar-refractivity contribution in [1.82, 2.24) is 15.2 Å². The summed E-state index contributed by atoms with van der Waals surface area (Å²) < 4.78 is 37.6. The Morgan fingerprint density at radius 1 is 1.43 bits per heavy atom. The first-order valence-corrected chi connectivity index (χ1v) is 8.83. The van der Waals surface area contributed by atoms with Crippen LogP contribution in [0.5, 0.6) is 0 Å². The standard InChI is InChI=1S/C15H23F3N4S/c1-3-19-14(22-8-5-11(2)6-9-22)20-7-4-13-21-12(10-23-13)15(16,17)18/h10-11H,3-9H2,1-2H3,(H,19,20). The first kappa shape index (κ1) is 18.0. The van der Waals surface area contributed by atoms with Crippen LogP contribution >= 0.6 is 11.3 Å². The normalized spacial score (nSPS) is 17.6. The lowest BCUT2D eigenvalue weighted by atomic mass is 10.00. The van der Waals surface area contributed by atoms with Gasteiger partial charge >= 0.3 is 6.18 Å². The van der Waals surface area contributed by atoms with Crippen molar-refractivity contribution in [2.75, 3.05) is 26.2 Å². The van der Waals surface area contributed by atoms with E-state index in [2.05, 4.69) is 27.1 Å². The number of rotatable bonds is 4. The zero-order chi connectivity index (χ0) is 16.9. The molecule has 23 heavy (non-hydrogen) atoms. The van der Waals surface area contributed by atoms with E-state index in [-0.39, 0.29) is 0 Å². The van der Waals surface area contributed by atoms with E-state index in [1.54, 1.807) is 0 Å². The highest BCUT2D eigenvalue weighted by atomic mass is 32.1. The summed E-state index contributed by atoms with van der Waals surface area (Å²) in [5.41, 5.74) is -0.807. The van der Waals surface area contributed by atoms with Crippen molar-refractivity contribution in [2.45, 2.75) is 39.3 Å². The van der Waals surface area contributed by atoms with Crippen LogP contribution in [0.3, 0.4) is 0 Å². The highest BCUT2D eigenvalue weighted by Gasteiger charge is 2.33. The van der Waals surface area contributed by atoms with E-state index in [0.29, 0.717) is 18.0 Å². The van der Waals surface area contributed by atoms with Crippen molar-refractivity contribution >= 4 is 17.3 Å². The van der Waals surface area contributed by atoms with Gasteiger partial charge in [-0.15, -0.1) is 11.3 Å². The Balaban J connectivity index is 1.91. The molecule has 0 atom stereocenters. The Bertz CT molecular complexity index is 519. The number of aromatic nitrogens is 1. The maximum atomic E-state index is 12.5. The van der Waals surface area contributed by atoms with Crippen LogP contribution in [-0.2, 0) is 12.6 Å². The summed E-state index contributed by atoms with van der Waals surface area (Å²) >= 11 is 1.04. The Kier molecular flexibility index (Phi) is 6.26. The van der Waals surface area contributed by atoms with Crippen molar-refractivity contribution in [3.8, 4) is 0 Å². The third-order valence-corrected chi connectivity index (χ3v) is 4.76. The van der Waals surface area contributed by atoms with E-state index in [0.717, 1.165) is 61.1 Å². The first-order chi connectivity index (χ1) is 10.9. The topological polar surface area (TPSA) is 40.5 Å². The number of hydrogen-bond acceptors (Lipinski definition) is 3. The summed E-state index contributed by atoms with van der Waals surface area (Å²) in [6.07, 6.45) is -1.64. The van der Waals surface area contributed by atoms with Crippen LogP contribution in [0.25, 0.3) is 0 Å². The number of nitrogens with one attached hydrogen (secondary N) is 1. The zero-order valence-electron chi connectivity index (χ0n) is 13.5. The van der Waals surface area contributed by atoms with Gasteiger partial charge in [-0.25, -0.2) is 4.98 Å². The summed E-state index contributed by atoms with van der Waals surface area (Å²) in [6, 6.07) is 0. The molecule has 1 saturated heterocycles. The first-order valence-electron chi connectivity index (χ1n) is 7.95. The second-order valence-electron chi connectivity index (χ2n) is 5.78. The number of piperidine rings is 1. The fourth-order valence-corrected chi connectivity index (χ4v) is 3.25. The van der Waals surface area contributed by atoms with Crippen LogP contribution in [0.2, 0.25) is 0 Å². The minimum atomic E-state index is -4.36. The molecular formula is C15H23F3N4S. The van der Waals surface area contributed by atoms with Crippen LogP contribution < -0.4 is 5.32 Å². The molecule has 1 aliphatic rings. The number of guanidine groups is 1. The Morgan fingerprint density at radius 2 is 2.13 bits per heavy atom. The summed E-state index contributed by atoms with van der Waals surface area (Å²) in [6.45, 7) is 7.44. The molecule has 0 aliphatic carbocycles. The van der Waals surface area contributed by atoms with Gasteiger partial charge in [-0.2, -0.15) is 13.2 Å². The van der Waals surface area contributed by atoms with Crippen molar-refractivity contribution in [3.63, 3.8) is 0 Å². The van der Waals surface area contributed by atoms with E-state index in [9.17, 15) is 13.2 Å². The minimum Gasteiger partial charge on any atom is -0.357 e. The number of nitrogens with zero attached hydrogens (tertiary/aromatic N) is 3. The molecule has 130 valence electrons. The van der Waals surface area contributed by atoms with Crippen LogP contribution in [0.15, 0.2) is 10.4 Å². The van der Waals surface area contributed by atoms with Crippen molar-refractivity contribution < 1.29 is 13.2 Å². The van der Waals surface area contributed by atoms with Gasteiger partial charge in [-0.1, -0.05) is 6.92 Å². The van der Waals surface area contributed by atoms with Gasteiger partial charge in [0, 0.05) is 38.0 Å². The van der Waals surface area contributed by atoms with Gasteiger partial charge < -0.3 is 10.2 Å². The van der Waals surface area contributed by atoms with Crippen LogP contribution in [0.4, 0.5) is 13.2 Å². The van der Waals surface area contributed by atoms with Gasteiger partial charge in [0.25, 0.3) is 0 Å². The lowest BCUT2D eigenvalue weighted by Gasteiger charge is -2.33. The molecule has 1 aromatic rings. The molecule has 1 aliphatic heterocycles. The molecule has 2 rings (SSSR count). The monoisotopic (exact) mass is 348 g/mol. The van der Waals surface area contributed by atoms with Gasteiger partial charge in [-0.05, 0) is 25.7 Å². The Hall–Kier alpha value is -1.31. The molecule has 8 heteroatoms. The highest BCUT2D eigenvalue weighted by molar-refractivity contribution is 7.09. The lowest BCUT2D eigenvalue weighted by Crippen LogP contribution is -2.45. The van der Waals surface area contributed by atoms with E-state index >= 15 is 0 Å². The molecule has 0 aromatic carbocycles. The predicted molar refractivity (Wildman–Crippen MR) is 86.8 cm³/mol. The fourth-order valence-electron chi connectivity index (χ4n) is 2.46. The van der Waals surface area contributed by atoms with Gasteiger partial charge in [0.2, 0.25) is 0 Å². The third-order valence-electron chi connectivity index (χ3n) is 3.85. The van der Waals surface area contributed by atoms with E-state index in [1.165, 1.54) is 0 Å². The van der Waals surface area contributed by atoms with Crippen LogP contribution in [0.1, 0.15) is 37.4 Å². The number of hydrogen-bond donors (Lipinski definition) is 1. The number of alkyl halides is 3. The second kappa shape index (κ2) is 7.99. The summed E-state index contributed by atoms with van der Waals surface area (Å²) in [5, 5.41) is 4.80. The van der Waals surface area contributed by atoms with E-state index < -0.39 is 11.9 Å². The van der Waals surface area contributed by atoms with Gasteiger partial charge in [0.05, 0.1) is 5.01 Å². The second-order valence-corrected chi connectivity index (χ2v) is 6.72. The number of halogens is 3. The van der Waals surface area contributed by atoms with E-state index in [1.807, 2.05) is 6.92 Å². The minimum absolute atomic E-state index is 0.430. The molecule has 0 bridgehead atoms. The maximum Gasteiger partial charge on any atom is 0.434 e. The third kappa shape index (κ3) is 5.37. The van der Waals surface area contributed by atoms with Crippen LogP contribution in [0, 0.1) is 5.92 Å². The van der Waals surface area contributed by atoms with Crippen molar-refractivity contribution in [1.29, 1.82) is 0 Å². The predicted octanol–water partition coefficient (Wildman–Crippen LogP) is 3.40. The molecular weight excluding hydrogens is 325 g/mol. The number of aliphatic imine (C=N–C) groups is 1. The number of thiazole rings is 1. The molecule has 1 aromatic heterocycles. The summed E-state index contributed by atoms with van der Waals surface area (Å²) in [4.78, 5) is 10.4. The highest BCUT2D eigenvalue weighted by Crippen LogP contribution is 2.30. The Morgan fingerprint density at radius 3 is 2.70 bits per heavy atom. The largest absolute Gasteiger partial charge is 0.434 e. The molecule has 2 heterocycles. The maximum absolute atomic E-state index is 12.5. The molecule has 0 radical (unpaired) electrons. The van der Waals surface area contributed by atoms with E-state index in [4.69, 9.17) is 0 Å². The van der Waals surface area contributed by atoms with Gasteiger partial charge in [-0.3, -0.25) is 4.99 Å². The smallest absolute Gasteiger partial charge is 0.357 e. The molecule has 0 unspecified atom stereocenters. The summed E-state index contributed by atoms with van der Waals surface area (Å²) in [5.74, 6) is 1.59. The molecule has 0 saturated carbocycles. The average Bonchev–Trinajstić information content (AvgIpc) is 2.96. The average molecular weight is 348 g/mol. The van der Waals surface area contributed by atoms with Crippen molar-refractivity contribution in [3.05, 3.63) is 16.1 Å². The molecule has 1 fully saturated rings. The van der Waals surface area contributed by atoms with Gasteiger partial charge in [0.1, 0.15) is 0 Å². The van der Waals surface area contributed by atoms with Crippen molar-refractivity contribution in [2.24, 2.45) is 10.9 Å². The molecule has 0 spiro atoms. The molecule has 0 amide bonds.